The van der Waals surface area contributed by atoms with Gasteiger partial charge in [0.05, 0.1) is 0 Å². The molecule has 1 amide bonds. The molecule has 1 atom stereocenters. The van der Waals surface area contributed by atoms with Gasteiger partial charge in [0, 0.05) is 24.4 Å². The quantitative estimate of drug-likeness (QED) is 0.876. The number of pyridine rings is 1. The molecule has 6 heteroatoms. The number of benzene rings is 1. The van der Waals surface area contributed by atoms with Gasteiger partial charge < -0.3 is 10.4 Å². The van der Waals surface area contributed by atoms with Gasteiger partial charge >= 0.3 is 5.97 Å². The van der Waals surface area contributed by atoms with Crippen LogP contribution >= 0.6 is 0 Å². The van der Waals surface area contributed by atoms with Gasteiger partial charge in [-0.15, -0.1) is 0 Å². The minimum atomic E-state index is -1.15. The van der Waals surface area contributed by atoms with E-state index < -0.39 is 23.7 Å². The SMILES string of the molecule is O=C(NC(Cc1ccc(F)cc1)C(=O)O)c1ccncc1. The summed E-state index contributed by atoms with van der Waals surface area (Å²) in [5.74, 6) is -2.04. The third kappa shape index (κ3) is 4.10. The van der Waals surface area contributed by atoms with Crippen LogP contribution < -0.4 is 5.32 Å². The molecule has 2 aromatic rings. The highest BCUT2D eigenvalue weighted by atomic mass is 19.1. The van der Waals surface area contributed by atoms with E-state index in [1.807, 2.05) is 0 Å². The van der Waals surface area contributed by atoms with Crippen molar-refractivity contribution in [2.24, 2.45) is 0 Å². The second-order valence-electron chi connectivity index (χ2n) is 4.43. The summed E-state index contributed by atoms with van der Waals surface area (Å²) in [6.07, 6.45) is 2.97. The van der Waals surface area contributed by atoms with Crippen LogP contribution in [-0.2, 0) is 11.2 Å². The van der Waals surface area contributed by atoms with Crippen molar-refractivity contribution in [2.75, 3.05) is 0 Å². The van der Waals surface area contributed by atoms with E-state index in [2.05, 4.69) is 10.3 Å². The lowest BCUT2D eigenvalue weighted by Gasteiger charge is -2.14. The van der Waals surface area contributed by atoms with Crippen LogP contribution in [0.4, 0.5) is 4.39 Å². The molecule has 1 unspecified atom stereocenters. The van der Waals surface area contributed by atoms with Crippen molar-refractivity contribution in [1.29, 1.82) is 0 Å². The molecule has 0 aliphatic heterocycles. The summed E-state index contributed by atoms with van der Waals surface area (Å²) < 4.78 is 12.8. The van der Waals surface area contributed by atoms with Gasteiger partial charge in [-0.1, -0.05) is 12.1 Å². The van der Waals surface area contributed by atoms with Crippen molar-refractivity contribution in [1.82, 2.24) is 10.3 Å². The van der Waals surface area contributed by atoms with Gasteiger partial charge in [-0.2, -0.15) is 0 Å². The average molecular weight is 288 g/mol. The number of carbonyl (C=O) groups is 2. The number of carbonyl (C=O) groups excluding carboxylic acids is 1. The van der Waals surface area contributed by atoms with E-state index >= 15 is 0 Å². The van der Waals surface area contributed by atoms with Crippen LogP contribution in [0, 0.1) is 5.82 Å². The Morgan fingerprint density at radius 2 is 1.76 bits per heavy atom. The first-order chi connectivity index (χ1) is 10.1. The number of halogens is 1. The van der Waals surface area contributed by atoms with E-state index in [9.17, 15) is 19.1 Å². The zero-order valence-electron chi connectivity index (χ0n) is 11.0. The molecule has 21 heavy (non-hydrogen) atoms. The van der Waals surface area contributed by atoms with Gasteiger partial charge in [-0.05, 0) is 29.8 Å². The predicted molar refractivity (Wildman–Crippen MR) is 73.2 cm³/mol. The number of amides is 1. The number of carboxylic acid groups (broad SMARTS) is 1. The van der Waals surface area contributed by atoms with Gasteiger partial charge in [0.25, 0.3) is 5.91 Å². The van der Waals surface area contributed by atoms with Crippen LogP contribution in [0.2, 0.25) is 0 Å². The summed E-state index contributed by atoms with van der Waals surface area (Å²) in [5, 5.41) is 11.6. The Bertz CT molecular complexity index is 629. The maximum atomic E-state index is 12.8. The van der Waals surface area contributed by atoms with E-state index in [0.717, 1.165) is 0 Å². The summed E-state index contributed by atoms with van der Waals surface area (Å²) in [5.41, 5.74) is 0.953. The van der Waals surface area contributed by atoms with Crippen molar-refractivity contribution in [2.45, 2.75) is 12.5 Å². The highest BCUT2D eigenvalue weighted by molar-refractivity contribution is 5.96. The molecular weight excluding hydrogens is 275 g/mol. The maximum absolute atomic E-state index is 12.8. The summed E-state index contributed by atoms with van der Waals surface area (Å²) in [6.45, 7) is 0. The second kappa shape index (κ2) is 6.60. The molecule has 0 radical (unpaired) electrons. The lowest BCUT2D eigenvalue weighted by molar-refractivity contribution is -0.139. The first kappa shape index (κ1) is 14.6. The summed E-state index contributed by atoms with van der Waals surface area (Å²) >= 11 is 0. The first-order valence-corrected chi connectivity index (χ1v) is 6.24. The summed E-state index contributed by atoms with van der Waals surface area (Å²) in [6, 6.07) is 7.38. The van der Waals surface area contributed by atoms with Crippen LogP contribution in [0.3, 0.4) is 0 Å². The molecule has 5 nitrogen and oxygen atoms in total. The van der Waals surface area contributed by atoms with E-state index in [1.165, 1.54) is 48.8 Å². The summed E-state index contributed by atoms with van der Waals surface area (Å²) in [7, 11) is 0. The highest BCUT2D eigenvalue weighted by Gasteiger charge is 2.21. The van der Waals surface area contributed by atoms with E-state index in [4.69, 9.17) is 0 Å². The number of rotatable bonds is 5. The second-order valence-corrected chi connectivity index (χ2v) is 4.43. The number of nitrogens with one attached hydrogen (secondary N) is 1. The molecule has 1 heterocycles. The Balaban J connectivity index is 2.07. The molecule has 2 N–H and O–H groups in total. The molecule has 1 aromatic heterocycles. The topological polar surface area (TPSA) is 79.3 Å². The van der Waals surface area contributed by atoms with Crippen LogP contribution in [0.5, 0.6) is 0 Å². The molecule has 1 aromatic carbocycles. The molecule has 0 saturated heterocycles. The zero-order chi connectivity index (χ0) is 15.2. The van der Waals surface area contributed by atoms with Gasteiger partial charge in [0.2, 0.25) is 0 Å². The van der Waals surface area contributed by atoms with Crippen LogP contribution in [0.25, 0.3) is 0 Å². The average Bonchev–Trinajstić information content (AvgIpc) is 2.49. The van der Waals surface area contributed by atoms with E-state index in [-0.39, 0.29) is 6.42 Å². The highest BCUT2D eigenvalue weighted by Crippen LogP contribution is 2.07. The minimum Gasteiger partial charge on any atom is -0.480 e. The van der Waals surface area contributed by atoms with Crippen molar-refractivity contribution in [3.63, 3.8) is 0 Å². The van der Waals surface area contributed by atoms with E-state index in [0.29, 0.717) is 11.1 Å². The summed E-state index contributed by atoms with van der Waals surface area (Å²) in [4.78, 5) is 27.0. The Labute approximate surface area is 120 Å². The number of nitrogens with zero attached hydrogens (tertiary/aromatic N) is 1. The van der Waals surface area contributed by atoms with E-state index in [1.54, 1.807) is 0 Å². The molecule has 0 fully saturated rings. The van der Waals surface area contributed by atoms with Crippen molar-refractivity contribution < 1.29 is 19.1 Å². The molecule has 0 bridgehead atoms. The third-order valence-electron chi connectivity index (χ3n) is 2.90. The fourth-order valence-corrected chi connectivity index (χ4v) is 1.80. The van der Waals surface area contributed by atoms with Gasteiger partial charge in [0.15, 0.2) is 0 Å². The third-order valence-corrected chi connectivity index (χ3v) is 2.90. The number of carboxylic acids is 1. The Kier molecular flexibility index (Phi) is 4.61. The maximum Gasteiger partial charge on any atom is 0.326 e. The Morgan fingerprint density at radius 1 is 1.14 bits per heavy atom. The van der Waals surface area contributed by atoms with Crippen molar-refractivity contribution in [3.05, 3.63) is 65.7 Å². The molecule has 2 rings (SSSR count). The normalized spacial score (nSPS) is 11.7. The predicted octanol–water partition coefficient (Wildman–Crippen LogP) is 1.65. The first-order valence-electron chi connectivity index (χ1n) is 6.24. The lowest BCUT2D eigenvalue weighted by atomic mass is 10.1. The number of aliphatic carboxylic acids is 1. The van der Waals surface area contributed by atoms with Gasteiger partial charge in [-0.25, -0.2) is 9.18 Å². The molecule has 0 saturated carbocycles. The van der Waals surface area contributed by atoms with Gasteiger partial charge in [-0.3, -0.25) is 9.78 Å². The number of hydrogen-bond donors (Lipinski definition) is 2. The Hall–Kier alpha value is -2.76. The van der Waals surface area contributed by atoms with Crippen LogP contribution in [0.15, 0.2) is 48.8 Å². The Morgan fingerprint density at radius 3 is 2.33 bits per heavy atom. The van der Waals surface area contributed by atoms with Crippen LogP contribution in [-0.4, -0.2) is 28.0 Å². The standard InChI is InChI=1S/C15H13FN2O3/c16-12-3-1-10(2-4-12)9-13(15(20)21)18-14(19)11-5-7-17-8-6-11/h1-8,13H,9H2,(H,18,19)(H,20,21). The molecular formula is C15H13FN2O3. The fourth-order valence-electron chi connectivity index (χ4n) is 1.80. The van der Waals surface area contributed by atoms with Gasteiger partial charge in [0.1, 0.15) is 11.9 Å². The van der Waals surface area contributed by atoms with Crippen LogP contribution in [0.1, 0.15) is 15.9 Å². The smallest absolute Gasteiger partial charge is 0.326 e. The minimum absolute atomic E-state index is 0.0758. The molecule has 0 aliphatic carbocycles. The fraction of sp³-hybridized carbons (Fsp3) is 0.133. The lowest BCUT2D eigenvalue weighted by Crippen LogP contribution is -2.42. The van der Waals surface area contributed by atoms with Crippen molar-refractivity contribution in [3.8, 4) is 0 Å². The largest absolute Gasteiger partial charge is 0.480 e. The monoisotopic (exact) mass is 288 g/mol. The molecule has 108 valence electrons. The van der Waals surface area contributed by atoms with Crippen molar-refractivity contribution >= 4 is 11.9 Å². The number of aromatic nitrogens is 1. The molecule has 0 spiro atoms. The molecule has 0 aliphatic rings. The zero-order valence-corrected chi connectivity index (χ0v) is 11.0. The number of hydrogen-bond acceptors (Lipinski definition) is 3.